The van der Waals surface area contributed by atoms with Crippen molar-refractivity contribution in [3.8, 4) is 0 Å². The zero-order valence-corrected chi connectivity index (χ0v) is 82.0. The first kappa shape index (κ1) is 99.9. The molecule has 616 valence electrons. The highest BCUT2D eigenvalue weighted by Gasteiger charge is 2.48. The van der Waals surface area contributed by atoms with Crippen LogP contribution < -0.4 is 10.6 Å². The Morgan fingerprint density at radius 3 is 0.438 bits per heavy atom. The molecule has 2 rings (SSSR count). The van der Waals surface area contributed by atoms with E-state index in [1.807, 2.05) is 0 Å². The lowest BCUT2D eigenvalue weighted by molar-refractivity contribution is 0.0268. The van der Waals surface area contributed by atoms with Gasteiger partial charge in [0, 0.05) is 0 Å². The molecule has 0 fully saturated rings. The molecule has 0 bridgehead atoms. The third-order valence-corrected chi connectivity index (χ3v) is 26.5. The van der Waals surface area contributed by atoms with Gasteiger partial charge >= 0.3 is 0 Å². The highest BCUT2D eigenvalue weighted by molar-refractivity contribution is 7.73. The molecule has 2 aromatic carbocycles. The molecule has 0 saturated heterocycles. The molecule has 0 saturated carbocycles. The molecule has 0 aromatic heterocycles. The van der Waals surface area contributed by atoms with Gasteiger partial charge in [-0.1, -0.05) is 379 Å². The standard InChI is InChI=1S/C104H195P/c1-80(58-105(81-53-49-47-50-54-81)82-55-51-48-52-56-82)57-84(5,6)60-86(9,10)62-88(13,14)64-90(17,18)66-92(21,22)68-94(25,26)70-96(29,30)72-98(33,34)74-100(37,38)76-102(41,42)78-104(45,46)79-103(43,44)77-101(39,40)75-99(35,36)73-97(31,32)71-95(27,28)69-93(23,24)67-91(19,20)65-89(15,16)63-87(11,12)61-85(7,8)59-83(2,3)4/h47-56,80H,57-79H2,1-46H3. The van der Waals surface area contributed by atoms with E-state index in [0.29, 0.717) is 27.6 Å². The van der Waals surface area contributed by atoms with Crippen LogP contribution in [0.5, 0.6) is 0 Å². The highest BCUT2D eigenvalue weighted by atomic mass is 31.1. The van der Waals surface area contributed by atoms with Gasteiger partial charge in [-0.3, -0.25) is 0 Å². The monoisotopic (exact) mass is 1480 g/mol. The van der Waals surface area contributed by atoms with Crippen LogP contribution in [0, 0.1) is 125 Å². The fourth-order valence-electron chi connectivity index (χ4n) is 31.6. The fourth-order valence-corrected chi connectivity index (χ4v) is 34.1. The van der Waals surface area contributed by atoms with Crippen LogP contribution in [0.2, 0.25) is 0 Å². The second-order valence-electron chi connectivity index (χ2n) is 56.3. The normalized spacial score (nSPS) is 15.9. The second-order valence-corrected chi connectivity index (χ2v) is 58.6. The van der Waals surface area contributed by atoms with Gasteiger partial charge < -0.3 is 0 Å². The van der Waals surface area contributed by atoms with Crippen LogP contribution >= 0.6 is 7.92 Å². The van der Waals surface area contributed by atoms with Crippen LogP contribution in [0.1, 0.15) is 460 Å². The Hall–Kier alpha value is -1.13. The van der Waals surface area contributed by atoms with Crippen LogP contribution in [0.25, 0.3) is 0 Å². The Morgan fingerprint density at radius 2 is 0.305 bits per heavy atom. The summed E-state index contributed by atoms with van der Waals surface area (Å²) >= 11 is 0. The Kier molecular flexibility index (Phi) is 32.9. The van der Waals surface area contributed by atoms with Crippen molar-refractivity contribution in [3.63, 3.8) is 0 Å². The van der Waals surface area contributed by atoms with Gasteiger partial charge in [0.1, 0.15) is 0 Å². The van der Waals surface area contributed by atoms with E-state index in [1.165, 1.54) is 158 Å². The van der Waals surface area contributed by atoms with E-state index < -0.39 is 0 Å². The van der Waals surface area contributed by atoms with Crippen molar-refractivity contribution in [2.24, 2.45) is 125 Å². The minimum atomic E-state index is -0.381. The van der Waals surface area contributed by atoms with Crippen LogP contribution in [0.3, 0.4) is 0 Å². The third-order valence-electron chi connectivity index (χ3n) is 23.7. The molecular weight excluding hydrogens is 1280 g/mol. The second kappa shape index (κ2) is 34.5. The molecule has 1 heteroatoms. The number of hydrogen-bond acceptors (Lipinski definition) is 0. The molecule has 105 heavy (non-hydrogen) atoms. The maximum atomic E-state index is 2.62. The summed E-state index contributed by atoms with van der Waals surface area (Å²) in [4.78, 5) is 0. The topological polar surface area (TPSA) is 0 Å². The lowest BCUT2D eigenvalue weighted by Gasteiger charge is -2.48. The molecular formula is C104H195P. The molecule has 1 atom stereocenters. The number of rotatable bonds is 47. The first-order chi connectivity index (χ1) is 45.8. The first-order valence-corrected chi connectivity index (χ1v) is 45.2. The molecule has 1 unspecified atom stereocenters. The van der Waals surface area contributed by atoms with Crippen molar-refractivity contribution in [2.45, 2.75) is 460 Å². The van der Waals surface area contributed by atoms with Gasteiger partial charge in [0.2, 0.25) is 0 Å². The van der Waals surface area contributed by atoms with E-state index in [9.17, 15) is 0 Å². The summed E-state index contributed by atoms with van der Waals surface area (Å²) < 4.78 is 0. The number of benzene rings is 2. The SMILES string of the molecule is CC(CP(c1ccccc1)c1ccccc1)CC(C)(C)CC(C)(C)CC(C)(C)CC(C)(C)CC(C)(C)CC(C)(C)CC(C)(C)CC(C)(C)CC(C)(C)CC(C)(C)CC(C)(C)CC(C)(C)CC(C)(C)CC(C)(C)CC(C)(C)CC(C)(C)CC(C)(C)CC(C)(C)CC(C)(C)CC(C)(C)CC(C)(C)CC(C)(C)C. The molecule has 0 spiro atoms. The van der Waals surface area contributed by atoms with Crippen molar-refractivity contribution in [3.05, 3.63) is 60.7 Å². The molecule has 0 aliphatic carbocycles. The fraction of sp³-hybridized carbons (Fsp3) is 0.885. The molecule has 2 aromatic rings. The highest BCUT2D eigenvalue weighted by Crippen LogP contribution is 2.59. The van der Waals surface area contributed by atoms with E-state index in [-0.39, 0.29) is 105 Å². The molecule has 0 aliphatic rings. The average molecular weight is 1480 g/mol. The molecule has 0 radical (unpaired) electrons. The van der Waals surface area contributed by atoms with Crippen molar-refractivity contribution >= 4 is 18.5 Å². The quantitative estimate of drug-likeness (QED) is 0.0580. The van der Waals surface area contributed by atoms with Crippen LogP contribution in [-0.2, 0) is 0 Å². The molecule has 0 aliphatic heterocycles. The van der Waals surface area contributed by atoms with Gasteiger partial charge in [-0.15, -0.1) is 0 Å². The molecule has 0 nitrogen and oxygen atoms in total. The van der Waals surface area contributed by atoms with Gasteiger partial charge in [-0.25, -0.2) is 0 Å². The third kappa shape index (κ3) is 42.0. The maximum Gasteiger partial charge on any atom is -0.0195 e. The summed E-state index contributed by atoms with van der Waals surface area (Å²) in [6.45, 7) is 119. The molecule has 0 heterocycles. The van der Waals surface area contributed by atoms with Gasteiger partial charge in [-0.05, 0) is 291 Å². The summed E-state index contributed by atoms with van der Waals surface area (Å²) in [5.74, 6) is 0.655. The lowest BCUT2D eigenvalue weighted by atomic mass is 9.57. The Morgan fingerprint density at radius 1 is 0.181 bits per heavy atom. The van der Waals surface area contributed by atoms with E-state index in [0.717, 1.165) is 0 Å². The van der Waals surface area contributed by atoms with Gasteiger partial charge in [0.25, 0.3) is 0 Å². The first-order valence-electron chi connectivity index (χ1n) is 43.7. The predicted octanol–water partition coefficient (Wildman–Crippen LogP) is 34.9. The van der Waals surface area contributed by atoms with Crippen LogP contribution in [0.4, 0.5) is 0 Å². The van der Waals surface area contributed by atoms with E-state index in [4.69, 9.17) is 0 Å². The van der Waals surface area contributed by atoms with Crippen molar-refractivity contribution < 1.29 is 0 Å². The summed E-state index contributed by atoms with van der Waals surface area (Å²) in [7, 11) is -0.381. The van der Waals surface area contributed by atoms with E-state index in [2.05, 4.69) is 379 Å². The molecule has 0 amide bonds. The zero-order chi connectivity index (χ0) is 82.6. The summed E-state index contributed by atoms with van der Waals surface area (Å²) in [5, 5.41) is 3.02. The molecule has 0 N–H and O–H groups in total. The zero-order valence-electron chi connectivity index (χ0n) is 81.1. The lowest BCUT2D eigenvalue weighted by Crippen LogP contribution is -2.37. The smallest absolute Gasteiger partial charge is 0.0195 e. The van der Waals surface area contributed by atoms with Crippen LogP contribution in [0.15, 0.2) is 60.7 Å². The number of hydrogen-bond donors (Lipinski definition) is 0. The Balaban J connectivity index is 2.05. The van der Waals surface area contributed by atoms with Crippen molar-refractivity contribution in [2.75, 3.05) is 6.16 Å². The van der Waals surface area contributed by atoms with Crippen LogP contribution in [-0.4, -0.2) is 6.16 Å². The summed E-state index contributed by atoms with van der Waals surface area (Å²) in [5.41, 5.74) is 5.87. The minimum Gasteiger partial charge on any atom is -0.0622 e. The summed E-state index contributed by atoms with van der Waals surface area (Å²) in [6, 6.07) is 22.7. The minimum absolute atomic E-state index is 0.244. The van der Waals surface area contributed by atoms with E-state index >= 15 is 0 Å². The maximum absolute atomic E-state index is 2.62. The predicted molar refractivity (Wildman–Crippen MR) is 484 cm³/mol. The van der Waals surface area contributed by atoms with Crippen molar-refractivity contribution in [1.82, 2.24) is 0 Å². The average Bonchev–Trinajstić information content (AvgIpc) is 0.805. The van der Waals surface area contributed by atoms with Gasteiger partial charge in [0.15, 0.2) is 0 Å². The van der Waals surface area contributed by atoms with E-state index in [1.54, 1.807) is 0 Å². The Labute approximate surface area is 666 Å². The largest absolute Gasteiger partial charge is 0.0622 e. The Bertz CT molecular complexity index is 2850. The van der Waals surface area contributed by atoms with Gasteiger partial charge in [0.05, 0.1) is 0 Å². The van der Waals surface area contributed by atoms with Gasteiger partial charge in [-0.2, -0.15) is 0 Å². The van der Waals surface area contributed by atoms with Crippen molar-refractivity contribution in [1.29, 1.82) is 0 Å². The summed E-state index contributed by atoms with van der Waals surface area (Å²) in [6.07, 6.45) is 29.1.